The van der Waals surface area contributed by atoms with E-state index in [1.807, 2.05) is 50.2 Å². The van der Waals surface area contributed by atoms with Crippen LogP contribution in [0, 0.1) is 25.2 Å². The normalized spacial score (nSPS) is 9.71. The predicted octanol–water partition coefficient (Wildman–Crippen LogP) is 3.97. The van der Waals surface area contributed by atoms with E-state index in [1.54, 1.807) is 6.07 Å². The summed E-state index contributed by atoms with van der Waals surface area (Å²) in [7, 11) is 0. The summed E-state index contributed by atoms with van der Waals surface area (Å²) in [6.07, 6.45) is 0. The molecule has 2 aromatic rings. The van der Waals surface area contributed by atoms with Crippen LogP contribution in [-0.4, -0.2) is 0 Å². The van der Waals surface area contributed by atoms with E-state index in [0.29, 0.717) is 11.3 Å². The third kappa shape index (κ3) is 2.64. The first kappa shape index (κ1) is 11.2. The van der Waals surface area contributed by atoms with Gasteiger partial charge in [0, 0.05) is 0 Å². The summed E-state index contributed by atoms with van der Waals surface area (Å²) in [5.41, 5.74) is 2.81. The van der Waals surface area contributed by atoms with Gasteiger partial charge in [-0.25, -0.2) is 0 Å². The highest BCUT2D eigenvalue weighted by Crippen LogP contribution is 2.26. The summed E-state index contributed by atoms with van der Waals surface area (Å²) in [6, 6.07) is 15.5. The summed E-state index contributed by atoms with van der Waals surface area (Å²) in [5, 5.41) is 9.00. The lowest BCUT2D eigenvalue weighted by atomic mass is 10.1. The molecule has 2 rings (SSSR count). The Labute approximate surface area is 101 Å². The monoisotopic (exact) mass is 223 g/mol. The van der Waals surface area contributed by atoms with Gasteiger partial charge in [0.25, 0.3) is 0 Å². The molecule has 0 aliphatic rings. The van der Waals surface area contributed by atoms with Gasteiger partial charge in [-0.1, -0.05) is 23.8 Å². The zero-order valence-corrected chi connectivity index (χ0v) is 9.90. The van der Waals surface area contributed by atoms with Gasteiger partial charge in [-0.2, -0.15) is 5.26 Å². The van der Waals surface area contributed by atoms with Crippen molar-refractivity contribution in [2.45, 2.75) is 13.8 Å². The molecule has 2 heteroatoms. The molecule has 0 aliphatic heterocycles. The topological polar surface area (TPSA) is 33.0 Å². The van der Waals surface area contributed by atoms with E-state index >= 15 is 0 Å². The van der Waals surface area contributed by atoms with Crippen LogP contribution in [0.5, 0.6) is 11.5 Å². The Morgan fingerprint density at radius 2 is 1.59 bits per heavy atom. The van der Waals surface area contributed by atoms with Crippen LogP contribution in [0.2, 0.25) is 0 Å². The van der Waals surface area contributed by atoms with Gasteiger partial charge in [0.05, 0.1) is 5.56 Å². The van der Waals surface area contributed by atoms with E-state index in [0.717, 1.165) is 11.3 Å². The van der Waals surface area contributed by atoms with Crippen molar-refractivity contribution in [2.24, 2.45) is 0 Å². The van der Waals surface area contributed by atoms with Crippen molar-refractivity contribution in [3.8, 4) is 17.6 Å². The Kier molecular flexibility index (Phi) is 3.11. The van der Waals surface area contributed by atoms with Crippen molar-refractivity contribution in [1.82, 2.24) is 0 Å². The Morgan fingerprint density at radius 3 is 2.24 bits per heavy atom. The maximum atomic E-state index is 9.00. The lowest BCUT2D eigenvalue weighted by Gasteiger charge is -2.08. The molecule has 0 heterocycles. The first-order valence-electron chi connectivity index (χ1n) is 5.44. The fourth-order valence-corrected chi connectivity index (χ4v) is 1.54. The van der Waals surface area contributed by atoms with Gasteiger partial charge < -0.3 is 4.74 Å². The lowest BCUT2D eigenvalue weighted by molar-refractivity contribution is 0.480. The molecule has 0 bridgehead atoms. The molecular formula is C15H13NO. The molecule has 0 radical (unpaired) electrons. The van der Waals surface area contributed by atoms with Crippen LogP contribution in [0.4, 0.5) is 0 Å². The fourth-order valence-electron chi connectivity index (χ4n) is 1.54. The fraction of sp³-hybridized carbons (Fsp3) is 0.133. The van der Waals surface area contributed by atoms with Crippen molar-refractivity contribution in [3.63, 3.8) is 0 Å². The molecule has 0 fully saturated rings. The minimum Gasteiger partial charge on any atom is -0.456 e. The molecule has 0 aliphatic carbocycles. The molecule has 0 saturated carbocycles. The standard InChI is InChI=1S/C15H13NO/c1-11-4-7-14(8-5-11)17-15-9-12(2)3-6-13(15)10-16/h3-9H,1-2H3. The van der Waals surface area contributed by atoms with Crippen molar-refractivity contribution in [3.05, 3.63) is 59.2 Å². The van der Waals surface area contributed by atoms with Crippen molar-refractivity contribution in [1.29, 1.82) is 5.26 Å². The van der Waals surface area contributed by atoms with Crippen LogP contribution in [0.25, 0.3) is 0 Å². The van der Waals surface area contributed by atoms with Crippen LogP contribution in [0.15, 0.2) is 42.5 Å². The molecule has 0 spiro atoms. The third-order valence-corrected chi connectivity index (χ3v) is 2.51. The average Bonchev–Trinajstić information content (AvgIpc) is 2.32. The average molecular weight is 223 g/mol. The number of aryl methyl sites for hydroxylation is 2. The Hall–Kier alpha value is -2.27. The van der Waals surface area contributed by atoms with E-state index in [2.05, 4.69) is 6.07 Å². The van der Waals surface area contributed by atoms with Crippen LogP contribution in [-0.2, 0) is 0 Å². The van der Waals surface area contributed by atoms with Gasteiger partial charge in [-0.15, -0.1) is 0 Å². The number of rotatable bonds is 2. The van der Waals surface area contributed by atoms with E-state index < -0.39 is 0 Å². The third-order valence-electron chi connectivity index (χ3n) is 2.51. The largest absolute Gasteiger partial charge is 0.456 e. The first-order valence-corrected chi connectivity index (χ1v) is 5.44. The van der Waals surface area contributed by atoms with Gasteiger partial charge in [-0.05, 0) is 43.7 Å². The highest BCUT2D eigenvalue weighted by atomic mass is 16.5. The molecule has 0 saturated heterocycles. The summed E-state index contributed by atoms with van der Waals surface area (Å²) in [4.78, 5) is 0. The second-order valence-corrected chi connectivity index (χ2v) is 4.03. The Morgan fingerprint density at radius 1 is 0.941 bits per heavy atom. The molecule has 84 valence electrons. The minimum absolute atomic E-state index is 0.552. The smallest absolute Gasteiger partial charge is 0.145 e. The molecule has 0 atom stereocenters. The number of nitrogens with zero attached hydrogens (tertiary/aromatic N) is 1. The molecular weight excluding hydrogens is 210 g/mol. The van der Waals surface area contributed by atoms with E-state index in [-0.39, 0.29) is 0 Å². The quantitative estimate of drug-likeness (QED) is 0.771. The van der Waals surface area contributed by atoms with Gasteiger partial charge in [0.2, 0.25) is 0 Å². The second-order valence-electron chi connectivity index (χ2n) is 4.03. The van der Waals surface area contributed by atoms with E-state index in [4.69, 9.17) is 10.00 Å². The number of benzene rings is 2. The van der Waals surface area contributed by atoms with Crippen LogP contribution in [0.3, 0.4) is 0 Å². The van der Waals surface area contributed by atoms with Gasteiger partial charge in [-0.3, -0.25) is 0 Å². The van der Waals surface area contributed by atoms with E-state index in [9.17, 15) is 0 Å². The van der Waals surface area contributed by atoms with Crippen LogP contribution in [0.1, 0.15) is 16.7 Å². The summed E-state index contributed by atoms with van der Waals surface area (Å²) < 4.78 is 5.71. The Balaban J connectivity index is 2.32. The van der Waals surface area contributed by atoms with Gasteiger partial charge in [0.1, 0.15) is 17.6 Å². The van der Waals surface area contributed by atoms with Gasteiger partial charge in [0.15, 0.2) is 0 Å². The Bertz CT molecular complexity index is 564. The molecule has 17 heavy (non-hydrogen) atoms. The van der Waals surface area contributed by atoms with E-state index in [1.165, 1.54) is 5.56 Å². The maximum absolute atomic E-state index is 9.00. The second kappa shape index (κ2) is 4.71. The zero-order valence-electron chi connectivity index (χ0n) is 9.90. The molecule has 0 unspecified atom stereocenters. The molecule has 2 aromatic carbocycles. The number of hydrogen-bond donors (Lipinski definition) is 0. The summed E-state index contributed by atoms with van der Waals surface area (Å²) in [5.74, 6) is 1.36. The van der Waals surface area contributed by atoms with Crippen molar-refractivity contribution < 1.29 is 4.74 Å². The first-order chi connectivity index (χ1) is 8.19. The molecule has 0 aromatic heterocycles. The number of ether oxygens (including phenoxy) is 1. The van der Waals surface area contributed by atoms with Crippen molar-refractivity contribution in [2.75, 3.05) is 0 Å². The molecule has 0 N–H and O–H groups in total. The van der Waals surface area contributed by atoms with Crippen molar-refractivity contribution >= 4 is 0 Å². The van der Waals surface area contributed by atoms with Crippen LogP contribution >= 0.6 is 0 Å². The number of nitriles is 1. The minimum atomic E-state index is 0.552. The lowest BCUT2D eigenvalue weighted by Crippen LogP contribution is -1.89. The van der Waals surface area contributed by atoms with Crippen LogP contribution < -0.4 is 4.74 Å². The summed E-state index contributed by atoms with van der Waals surface area (Å²) in [6.45, 7) is 4.00. The number of hydrogen-bond acceptors (Lipinski definition) is 2. The molecule has 2 nitrogen and oxygen atoms in total. The highest BCUT2D eigenvalue weighted by molar-refractivity contribution is 5.47. The SMILES string of the molecule is Cc1ccc(Oc2cc(C)ccc2C#N)cc1. The predicted molar refractivity (Wildman–Crippen MR) is 67.1 cm³/mol. The molecule has 0 amide bonds. The highest BCUT2D eigenvalue weighted by Gasteiger charge is 2.04. The maximum Gasteiger partial charge on any atom is 0.145 e. The zero-order chi connectivity index (χ0) is 12.3. The van der Waals surface area contributed by atoms with Gasteiger partial charge >= 0.3 is 0 Å². The summed E-state index contributed by atoms with van der Waals surface area (Å²) >= 11 is 0.